The average molecular weight is 352 g/mol. The van der Waals surface area contributed by atoms with Gasteiger partial charge in [0.05, 0.1) is 11.3 Å². The Balaban J connectivity index is 2.06. The number of benzene rings is 1. The maximum absolute atomic E-state index is 11.7. The molecule has 3 N–H and O–H groups in total. The Labute approximate surface area is 127 Å². The number of phenols is 1. The fourth-order valence-electron chi connectivity index (χ4n) is 1.52. The van der Waals surface area contributed by atoms with Crippen molar-refractivity contribution >= 4 is 39.6 Å². The molecule has 21 heavy (non-hydrogen) atoms. The van der Waals surface area contributed by atoms with E-state index in [1.54, 1.807) is 12.1 Å². The van der Waals surface area contributed by atoms with Crippen LogP contribution in [0, 0.1) is 0 Å². The van der Waals surface area contributed by atoms with Crippen LogP contribution >= 0.6 is 15.9 Å². The summed E-state index contributed by atoms with van der Waals surface area (Å²) in [5.41, 5.74) is 0.0525. The minimum atomic E-state index is -1.16. The Kier molecular flexibility index (Phi) is 4.44. The van der Waals surface area contributed by atoms with Crippen molar-refractivity contribution in [3.8, 4) is 5.75 Å². The largest absolute Gasteiger partial charge is 0.506 e. The summed E-state index contributed by atoms with van der Waals surface area (Å²) in [4.78, 5) is 22.4. The van der Waals surface area contributed by atoms with Gasteiger partial charge in [-0.1, -0.05) is 0 Å². The number of carbonyl (C=O) groups excluding carboxylic acids is 1. The van der Waals surface area contributed by atoms with E-state index in [0.29, 0.717) is 10.4 Å². The lowest BCUT2D eigenvalue weighted by molar-refractivity contribution is -0.111. The molecule has 1 aromatic carbocycles. The molecule has 0 bridgehead atoms. The molecule has 1 heterocycles. The fourth-order valence-corrected chi connectivity index (χ4v) is 1.84. The Morgan fingerprint density at radius 3 is 2.57 bits per heavy atom. The molecule has 0 aliphatic rings. The van der Waals surface area contributed by atoms with Crippen LogP contribution in [-0.4, -0.2) is 22.1 Å². The van der Waals surface area contributed by atoms with E-state index in [1.807, 2.05) is 0 Å². The van der Waals surface area contributed by atoms with Crippen LogP contribution in [0.1, 0.15) is 16.1 Å². The van der Waals surface area contributed by atoms with E-state index < -0.39 is 11.9 Å². The third-order valence-electron chi connectivity index (χ3n) is 2.50. The topological polar surface area (TPSA) is 99.8 Å². The number of halogens is 1. The summed E-state index contributed by atoms with van der Waals surface area (Å²) in [6.07, 6.45) is 2.69. The maximum atomic E-state index is 11.7. The van der Waals surface area contributed by atoms with Gasteiger partial charge in [0.1, 0.15) is 11.5 Å². The van der Waals surface area contributed by atoms with Crippen molar-refractivity contribution in [3.05, 3.63) is 52.4 Å². The molecule has 0 spiro atoms. The van der Waals surface area contributed by atoms with E-state index in [-0.39, 0.29) is 17.0 Å². The third-order valence-corrected chi connectivity index (χ3v) is 2.92. The second-order valence-corrected chi connectivity index (χ2v) is 4.78. The average Bonchev–Trinajstić information content (AvgIpc) is 2.84. The number of amides is 1. The van der Waals surface area contributed by atoms with Gasteiger partial charge in [0.2, 0.25) is 5.91 Å². The number of aromatic carboxylic acids is 1. The number of carbonyl (C=O) groups is 2. The van der Waals surface area contributed by atoms with Gasteiger partial charge in [0.25, 0.3) is 0 Å². The standard InChI is InChI=1S/C14H10BrNO5/c15-12-5-2-9(21-12)3-6-13(18)16-10-4-1-8(14(19)20)7-11(10)17/h1-7,17H,(H,16,18)(H,19,20)/b6-3+. The molecule has 0 fully saturated rings. The zero-order chi connectivity index (χ0) is 15.4. The van der Waals surface area contributed by atoms with Crippen molar-refractivity contribution in [2.75, 3.05) is 5.32 Å². The molecule has 2 aromatic rings. The molecule has 6 nitrogen and oxygen atoms in total. The molecule has 1 amide bonds. The lowest BCUT2D eigenvalue weighted by Crippen LogP contribution is -2.08. The smallest absolute Gasteiger partial charge is 0.335 e. The van der Waals surface area contributed by atoms with Crippen LogP contribution in [0.2, 0.25) is 0 Å². The van der Waals surface area contributed by atoms with Crippen molar-refractivity contribution < 1.29 is 24.2 Å². The number of aromatic hydroxyl groups is 1. The SMILES string of the molecule is O=C(/C=C/c1ccc(Br)o1)Nc1ccc(C(=O)O)cc1O. The first-order chi connectivity index (χ1) is 9.95. The normalized spacial score (nSPS) is 10.7. The molecular formula is C14H10BrNO5. The summed E-state index contributed by atoms with van der Waals surface area (Å²) in [7, 11) is 0. The lowest BCUT2D eigenvalue weighted by Gasteiger charge is -2.05. The van der Waals surface area contributed by atoms with Gasteiger partial charge in [-0.25, -0.2) is 4.79 Å². The highest BCUT2D eigenvalue weighted by Crippen LogP contribution is 2.24. The molecule has 1 aromatic heterocycles. The minimum Gasteiger partial charge on any atom is -0.506 e. The van der Waals surface area contributed by atoms with Crippen molar-refractivity contribution in [2.45, 2.75) is 0 Å². The van der Waals surface area contributed by atoms with Crippen molar-refractivity contribution in [3.63, 3.8) is 0 Å². The number of furan rings is 1. The summed E-state index contributed by atoms with van der Waals surface area (Å²) in [5, 5.41) is 20.9. The first-order valence-electron chi connectivity index (χ1n) is 5.76. The zero-order valence-electron chi connectivity index (χ0n) is 10.5. The quantitative estimate of drug-likeness (QED) is 0.580. The van der Waals surface area contributed by atoms with Gasteiger partial charge < -0.3 is 19.9 Å². The highest BCUT2D eigenvalue weighted by molar-refractivity contribution is 9.10. The van der Waals surface area contributed by atoms with E-state index in [9.17, 15) is 14.7 Å². The number of rotatable bonds is 4. The van der Waals surface area contributed by atoms with Crippen molar-refractivity contribution in [1.29, 1.82) is 0 Å². The Hall–Kier alpha value is -2.54. The molecule has 0 aliphatic heterocycles. The predicted molar refractivity (Wildman–Crippen MR) is 79.1 cm³/mol. The number of carboxylic acids is 1. The van der Waals surface area contributed by atoms with E-state index >= 15 is 0 Å². The van der Waals surface area contributed by atoms with Crippen molar-refractivity contribution in [2.24, 2.45) is 0 Å². The summed E-state index contributed by atoms with van der Waals surface area (Å²) < 4.78 is 5.73. The fraction of sp³-hybridized carbons (Fsp3) is 0. The highest BCUT2D eigenvalue weighted by atomic mass is 79.9. The lowest BCUT2D eigenvalue weighted by atomic mass is 10.2. The van der Waals surface area contributed by atoms with Crippen LogP contribution < -0.4 is 5.32 Å². The maximum Gasteiger partial charge on any atom is 0.335 e. The van der Waals surface area contributed by atoms with Gasteiger partial charge in [0, 0.05) is 6.08 Å². The van der Waals surface area contributed by atoms with Crippen molar-refractivity contribution in [1.82, 2.24) is 0 Å². The highest BCUT2D eigenvalue weighted by Gasteiger charge is 2.09. The van der Waals surface area contributed by atoms with Gasteiger partial charge in [0.15, 0.2) is 4.67 Å². The molecule has 0 saturated heterocycles. The molecule has 0 unspecified atom stereocenters. The number of carboxylic acid groups (broad SMARTS) is 1. The van der Waals surface area contributed by atoms with Gasteiger partial charge >= 0.3 is 5.97 Å². The van der Waals surface area contributed by atoms with Crippen LogP contribution in [0.15, 0.2) is 45.5 Å². The number of hydrogen-bond acceptors (Lipinski definition) is 4. The number of hydrogen-bond donors (Lipinski definition) is 3. The molecule has 0 aliphatic carbocycles. The van der Waals surface area contributed by atoms with Crippen LogP contribution in [0.25, 0.3) is 6.08 Å². The van der Waals surface area contributed by atoms with Gasteiger partial charge in [-0.2, -0.15) is 0 Å². The molecule has 2 rings (SSSR count). The number of phenolic OH excluding ortho intramolecular Hbond substituents is 1. The molecule has 7 heteroatoms. The Bertz CT molecular complexity index is 720. The van der Waals surface area contributed by atoms with Crippen LogP contribution in [0.5, 0.6) is 5.75 Å². The monoisotopic (exact) mass is 351 g/mol. The number of anilines is 1. The molecular weight excluding hydrogens is 342 g/mol. The van der Waals surface area contributed by atoms with E-state index in [2.05, 4.69) is 21.2 Å². The summed E-state index contributed by atoms with van der Waals surface area (Å²) in [6.45, 7) is 0. The van der Waals surface area contributed by atoms with E-state index in [4.69, 9.17) is 9.52 Å². The summed E-state index contributed by atoms with van der Waals surface area (Å²) in [5.74, 6) is -1.48. The first-order valence-corrected chi connectivity index (χ1v) is 6.56. The molecule has 0 saturated carbocycles. The van der Waals surface area contributed by atoms with E-state index in [0.717, 1.165) is 6.07 Å². The summed E-state index contributed by atoms with van der Waals surface area (Å²) in [6, 6.07) is 7.02. The van der Waals surface area contributed by atoms with E-state index in [1.165, 1.54) is 24.3 Å². The van der Waals surface area contributed by atoms with Gasteiger partial charge in [-0.05, 0) is 52.3 Å². The van der Waals surface area contributed by atoms with Crippen LogP contribution in [0.4, 0.5) is 5.69 Å². The second kappa shape index (κ2) is 6.27. The summed E-state index contributed by atoms with van der Waals surface area (Å²) >= 11 is 3.14. The number of nitrogens with one attached hydrogen (secondary N) is 1. The predicted octanol–water partition coefficient (Wildman–Crippen LogP) is 3.10. The first kappa shape index (κ1) is 14.9. The van der Waals surface area contributed by atoms with Crippen LogP contribution in [0.3, 0.4) is 0 Å². The zero-order valence-corrected chi connectivity index (χ0v) is 12.1. The minimum absolute atomic E-state index is 0.0681. The van der Waals surface area contributed by atoms with Crippen LogP contribution in [-0.2, 0) is 4.79 Å². The third kappa shape index (κ3) is 3.96. The Morgan fingerprint density at radius 1 is 1.24 bits per heavy atom. The molecule has 0 radical (unpaired) electrons. The Morgan fingerprint density at radius 2 is 2.00 bits per heavy atom. The molecule has 108 valence electrons. The molecule has 0 atom stereocenters. The second-order valence-electron chi connectivity index (χ2n) is 4.00. The van der Waals surface area contributed by atoms with Gasteiger partial charge in [-0.3, -0.25) is 4.79 Å². The van der Waals surface area contributed by atoms with Gasteiger partial charge in [-0.15, -0.1) is 0 Å².